The summed E-state index contributed by atoms with van der Waals surface area (Å²) in [6.45, 7) is 6.53. The van der Waals surface area contributed by atoms with Crippen LogP contribution in [0.1, 0.15) is 20.3 Å². The number of carbonyl (C=O) groups is 2. The van der Waals surface area contributed by atoms with Gasteiger partial charge in [0, 0.05) is 32.6 Å². The van der Waals surface area contributed by atoms with Gasteiger partial charge in [-0.3, -0.25) is 4.79 Å². The Morgan fingerprint density at radius 1 is 1.44 bits per heavy atom. The third kappa shape index (κ3) is 5.85. The van der Waals surface area contributed by atoms with E-state index in [0.29, 0.717) is 6.04 Å². The maximum absolute atomic E-state index is 11.1. The first-order valence-corrected chi connectivity index (χ1v) is 5.48. The number of carboxylic acids is 1. The first kappa shape index (κ1) is 16.7. The second-order valence-corrected chi connectivity index (χ2v) is 3.78. The molecule has 0 radical (unpaired) electrons. The number of halogens is 3. The molecule has 1 aliphatic rings. The minimum absolute atomic E-state index is 0.207. The molecule has 0 aromatic heterocycles. The molecule has 1 atom stereocenters. The molecule has 1 amide bonds. The third-order valence-electron chi connectivity index (χ3n) is 2.47. The highest BCUT2D eigenvalue weighted by Gasteiger charge is 2.38. The average molecular weight is 270 g/mol. The molecule has 18 heavy (non-hydrogen) atoms. The standard InChI is InChI=1S/C8H16N2O.C2HF3O2/c1-3-8-6-9-4-5-10(8)7(2)11;3-2(4,5)1(6)7/h8-9H,3-6H2,1-2H3;(H,6,7)/t8-;/m0./s1. The van der Waals surface area contributed by atoms with E-state index in [-0.39, 0.29) is 5.91 Å². The molecule has 0 bridgehead atoms. The zero-order valence-electron chi connectivity index (χ0n) is 10.3. The van der Waals surface area contributed by atoms with Gasteiger partial charge in [0.05, 0.1) is 0 Å². The van der Waals surface area contributed by atoms with Crippen molar-refractivity contribution in [2.24, 2.45) is 0 Å². The van der Waals surface area contributed by atoms with Gasteiger partial charge in [-0.25, -0.2) is 4.79 Å². The van der Waals surface area contributed by atoms with Gasteiger partial charge in [0.2, 0.25) is 5.91 Å². The summed E-state index contributed by atoms with van der Waals surface area (Å²) in [6.07, 6.45) is -4.04. The van der Waals surface area contributed by atoms with Crippen molar-refractivity contribution in [3.63, 3.8) is 0 Å². The van der Waals surface area contributed by atoms with Crippen molar-refractivity contribution in [3.05, 3.63) is 0 Å². The minimum Gasteiger partial charge on any atom is -0.475 e. The van der Waals surface area contributed by atoms with Crippen LogP contribution in [-0.4, -0.2) is 53.7 Å². The van der Waals surface area contributed by atoms with Crippen LogP contribution in [0.15, 0.2) is 0 Å². The maximum Gasteiger partial charge on any atom is 0.490 e. The molecule has 1 saturated heterocycles. The maximum atomic E-state index is 11.1. The number of nitrogens with one attached hydrogen (secondary N) is 1. The molecule has 1 heterocycles. The number of nitrogens with zero attached hydrogens (tertiary/aromatic N) is 1. The van der Waals surface area contributed by atoms with Gasteiger partial charge in [0.25, 0.3) is 0 Å². The van der Waals surface area contributed by atoms with Gasteiger partial charge in [-0.1, -0.05) is 6.92 Å². The monoisotopic (exact) mass is 270 g/mol. The molecule has 1 fully saturated rings. The largest absolute Gasteiger partial charge is 0.490 e. The fourth-order valence-corrected chi connectivity index (χ4v) is 1.54. The molecule has 5 nitrogen and oxygen atoms in total. The van der Waals surface area contributed by atoms with Crippen LogP contribution in [0.4, 0.5) is 13.2 Å². The molecule has 2 N–H and O–H groups in total. The van der Waals surface area contributed by atoms with Crippen molar-refractivity contribution in [3.8, 4) is 0 Å². The average Bonchev–Trinajstić information content (AvgIpc) is 2.28. The van der Waals surface area contributed by atoms with Crippen molar-refractivity contribution < 1.29 is 27.9 Å². The normalized spacial score (nSPS) is 19.8. The zero-order valence-corrected chi connectivity index (χ0v) is 10.3. The first-order valence-electron chi connectivity index (χ1n) is 5.48. The number of alkyl halides is 3. The quantitative estimate of drug-likeness (QED) is 0.741. The number of hydrogen-bond acceptors (Lipinski definition) is 3. The Morgan fingerprint density at radius 3 is 2.22 bits per heavy atom. The second-order valence-electron chi connectivity index (χ2n) is 3.78. The number of piperazine rings is 1. The van der Waals surface area contributed by atoms with Crippen molar-refractivity contribution in [2.45, 2.75) is 32.5 Å². The number of hydrogen-bond donors (Lipinski definition) is 2. The van der Waals surface area contributed by atoms with Crippen LogP contribution in [0.25, 0.3) is 0 Å². The molecular formula is C10H17F3N2O3. The molecule has 0 aromatic carbocycles. The lowest BCUT2D eigenvalue weighted by atomic mass is 10.1. The second kappa shape index (κ2) is 7.20. The number of carboxylic acid groups (broad SMARTS) is 1. The summed E-state index contributed by atoms with van der Waals surface area (Å²) in [5.74, 6) is -2.55. The molecule has 0 aromatic rings. The Hall–Kier alpha value is -1.31. The van der Waals surface area contributed by atoms with Crippen LogP contribution < -0.4 is 5.32 Å². The van der Waals surface area contributed by atoms with Crippen LogP contribution in [0, 0.1) is 0 Å². The molecule has 0 aliphatic carbocycles. The van der Waals surface area contributed by atoms with Gasteiger partial charge >= 0.3 is 12.1 Å². The smallest absolute Gasteiger partial charge is 0.475 e. The fraction of sp³-hybridized carbons (Fsp3) is 0.800. The molecule has 106 valence electrons. The summed E-state index contributed by atoms with van der Waals surface area (Å²) < 4.78 is 31.7. The molecule has 1 aliphatic heterocycles. The Bertz CT molecular complexity index is 295. The summed E-state index contributed by atoms with van der Waals surface area (Å²) in [4.78, 5) is 21.9. The number of aliphatic carboxylic acids is 1. The van der Waals surface area contributed by atoms with Gasteiger partial charge in [-0.15, -0.1) is 0 Å². The lowest BCUT2D eigenvalue weighted by Gasteiger charge is -2.34. The SMILES string of the molecule is CC[C@H]1CNCCN1C(C)=O.O=C(O)C(F)(F)F. The summed E-state index contributed by atoms with van der Waals surface area (Å²) in [7, 11) is 0. The lowest BCUT2D eigenvalue weighted by Crippen LogP contribution is -2.52. The van der Waals surface area contributed by atoms with E-state index in [2.05, 4.69) is 12.2 Å². The predicted octanol–water partition coefficient (Wildman–Crippen LogP) is 0.850. The van der Waals surface area contributed by atoms with Gasteiger partial charge in [-0.05, 0) is 6.42 Å². The number of carbonyl (C=O) groups excluding carboxylic acids is 1. The van der Waals surface area contributed by atoms with Crippen LogP contribution in [0.3, 0.4) is 0 Å². The van der Waals surface area contributed by atoms with E-state index >= 15 is 0 Å². The number of rotatable bonds is 1. The highest BCUT2D eigenvalue weighted by atomic mass is 19.4. The predicted molar refractivity (Wildman–Crippen MR) is 58.0 cm³/mol. The molecule has 8 heteroatoms. The fourth-order valence-electron chi connectivity index (χ4n) is 1.54. The van der Waals surface area contributed by atoms with Crippen molar-refractivity contribution in [2.75, 3.05) is 19.6 Å². The first-order chi connectivity index (χ1) is 8.20. The minimum atomic E-state index is -5.08. The Morgan fingerprint density at radius 2 is 1.94 bits per heavy atom. The van der Waals surface area contributed by atoms with Gasteiger partial charge in [-0.2, -0.15) is 13.2 Å². The van der Waals surface area contributed by atoms with Crippen LogP contribution >= 0.6 is 0 Å². The van der Waals surface area contributed by atoms with Crippen LogP contribution in [-0.2, 0) is 9.59 Å². The summed E-state index contributed by atoms with van der Waals surface area (Å²) in [5.41, 5.74) is 0. The summed E-state index contributed by atoms with van der Waals surface area (Å²) in [5, 5.41) is 10.4. The van der Waals surface area contributed by atoms with E-state index in [1.165, 1.54) is 0 Å². The molecule has 0 unspecified atom stereocenters. The van der Waals surface area contributed by atoms with E-state index < -0.39 is 12.1 Å². The van der Waals surface area contributed by atoms with Gasteiger partial charge in [0.15, 0.2) is 0 Å². The summed E-state index contributed by atoms with van der Waals surface area (Å²) >= 11 is 0. The van der Waals surface area contributed by atoms with Crippen molar-refractivity contribution in [1.29, 1.82) is 0 Å². The molecule has 0 spiro atoms. The number of amides is 1. The van der Waals surface area contributed by atoms with Crippen molar-refractivity contribution in [1.82, 2.24) is 10.2 Å². The molecule has 1 rings (SSSR count). The Labute approximate surface area is 103 Å². The van der Waals surface area contributed by atoms with Crippen molar-refractivity contribution >= 4 is 11.9 Å². The zero-order chi connectivity index (χ0) is 14.3. The van der Waals surface area contributed by atoms with E-state index in [0.717, 1.165) is 26.1 Å². The van der Waals surface area contributed by atoms with Crippen LogP contribution in [0.5, 0.6) is 0 Å². The molecular weight excluding hydrogens is 253 g/mol. The van der Waals surface area contributed by atoms with Crippen LogP contribution in [0.2, 0.25) is 0 Å². The topological polar surface area (TPSA) is 69.6 Å². The molecule has 0 saturated carbocycles. The van der Waals surface area contributed by atoms with E-state index in [9.17, 15) is 18.0 Å². The Kier molecular flexibility index (Phi) is 6.67. The highest BCUT2D eigenvalue weighted by molar-refractivity contribution is 5.73. The van der Waals surface area contributed by atoms with Gasteiger partial charge < -0.3 is 15.3 Å². The van der Waals surface area contributed by atoms with E-state index in [4.69, 9.17) is 9.90 Å². The highest BCUT2D eigenvalue weighted by Crippen LogP contribution is 2.13. The van der Waals surface area contributed by atoms with E-state index in [1.807, 2.05) is 4.90 Å². The Balaban J connectivity index is 0.000000360. The van der Waals surface area contributed by atoms with Gasteiger partial charge in [0.1, 0.15) is 0 Å². The van der Waals surface area contributed by atoms with E-state index in [1.54, 1.807) is 6.92 Å². The summed E-state index contributed by atoms with van der Waals surface area (Å²) in [6, 6.07) is 0.418. The third-order valence-corrected chi connectivity index (χ3v) is 2.47. The lowest BCUT2D eigenvalue weighted by molar-refractivity contribution is -0.192.